The maximum absolute atomic E-state index is 12.3. The molecule has 1 N–H and O–H groups in total. The van der Waals surface area contributed by atoms with Crippen LogP contribution in [0.2, 0.25) is 0 Å². The summed E-state index contributed by atoms with van der Waals surface area (Å²) in [5.41, 5.74) is 3.50. The molecule has 0 unspecified atom stereocenters. The summed E-state index contributed by atoms with van der Waals surface area (Å²) in [6.45, 7) is 4.19. The third-order valence-corrected chi connectivity index (χ3v) is 4.34. The van der Waals surface area contributed by atoms with Crippen LogP contribution < -0.4 is 10.9 Å². The van der Waals surface area contributed by atoms with Gasteiger partial charge in [-0.2, -0.15) is 0 Å². The van der Waals surface area contributed by atoms with Crippen LogP contribution in [0.4, 0.5) is 0 Å². The number of amides is 1. The molecule has 0 bridgehead atoms. The van der Waals surface area contributed by atoms with Gasteiger partial charge in [0.1, 0.15) is 5.58 Å². The van der Waals surface area contributed by atoms with E-state index in [1.165, 1.54) is 6.07 Å². The van der Waals surface area contributed by atoms with Crippen molar-refractivity contribution in [1.82, 2.24) is 5.32 Å². The van der Waals surface area contributed by atoms with Gasteiger partial charge in [-0.1, -0.05) is 22.0 Å². The van der Waals surface area contributed by atoms with Crippen LogP contribution in [0.15, 0.2) is 56.1 Å². The summed E-state index contributed by atoms with van der Waals surface area (Å²) in [4.78, 5) is 24.1. The van der Waals surface area contributed by atoms with Gasteiger partial charge in [0.2, 0.25) is 0 Å². The Morgan fingerprint density at radius 1 is 1.12 bits per heavy atom. The van der Waals surface area contributed by atoms with Gasteiger partial charge in [-0.25, -0.2) is 4.79 Å². The highest BCUT2D eigenvalue weighted by Crippen LogP contribution is 2.23. The first-order chi connectivity index (χ1) is 11.4. The van der Waals surface area contributed by atoms with Crippen molar-refractivity contribution in [3.05, 3.63) is 79.6 Å². The minimum Gasteiger partial charge on any atom is -0.423 e. The Kier molecular flexibility index (Phi) is 4.53. The van der Waals surface area contributed by atoms with Crippen molar-refractivity contribution in [2.75, 3.05) is 0 Å². The van der Waals surface area contributed by atoms with Gasteiger partial charge in [-0.05, 0) is 60.9 Å². The highest BCUT2D eigenvalue weighted by Gasteiger charge is 2.11. The van der Waals surface area contributed by atoms with Crippen molar-refractivity contribution in [2.45, 2.75) is 20.4 Å². The van der Waals surface area contributed by atoms with Crippen LogP contribution in [0.25, 0.3) is 11.0 Å². The summed E-state index contributed by atoms with van der Waals surface area (Å²) in [5, 5.41) is 3.73. The molecule has 4 nitrogen and oxygen atoms in total. The number of nitrogens with one attached hydrogen (secondary N) is 1. The predicted octanol–water partition coefficient (Wildman–Crippen LogP) is 4.10. The Labute approximate surface area is 147 Å². The van der Waals surface area contributed by atoms with Crippen LogP contribution in [-0.4, -0.2) is 5.91 Å². The van der Waals surface area contributed by atoms with Gasteiger partial charge in [-0.3, -0.25) is 4.79 Å². The largest absolute Gasteiger partial charge is 0.423 e. The monoisotopic (exact) mass is 385 g/mol. The Hall–Kier alpha value is -2.40. The number of benzene rings is 2. The summed E-state index contributed by atoms with van der Waals surface area (Å²) >= 11 is 3.34. The van der Waals surface area contributed by atoms with E-state index >= 15 is 0 Å². The second-order valence-electron chi connectivity index (χ2n) is 5.74. The lowest BCUT2D eigenvalue weighted by Gasteiger charge is -2.10. The zero-order chi connectivity index (χ0) is 17.3. The van der Waals surface area contributed by atoms with Gasteiger partial charge in [0, 0.05) is 28.0 Å². The number of carbonyl (C=O) groups excluding carboxylic acids is 1. The molecule has 0 saturated heterocycles. The van der Waals surface area contributed by atoms with E-state index in [0.717, 1.165) is 26.5 Å². The number of hydrogen-bond acceptors (Lipinski definition) is 3. The molecule has 1 aromatic heterocycles. The van der Waals surface area contributed by atoms with E-state index in [9.17, 15) is 9.59 Å². The number of aryl methyl sites for hydroxylation is 2. The molecule has 0 aliphatic rings. The second-order valence-corrected chi connectivity index (χ2v) is 6.65. The maximum atomic E-state index is 12.3. The molecule has 0 aliphatic heterocycles. The molecule has 1 heterocycles. The van der Waals surface area contributed by atoms with E-state index in [2.05, 4.69) is 21.2 Å². The molecule has 0 fully saturated rings. The third kappa shape index (κ3) is 3.41. The topological polar surface area (TPSA) is 59.3 Å². The minimum absolute atomic E-state index is 0.186. The molecule has 1 amide bonds. The molecule has 122 valence electrons. The Balaban J connectivity index is 1.91. The number of carbonyl (C=O) groups is 1. The minimum atomic E-state index is -0.416. The number of hydrogen-bond donors (Lipinski definition) is 1. The lowest BCUT2D eigenvalue weighted by molar-refractivity contribution is 0.0951. The molecule has 0 radical (unpaired) electrons. The predicted molar refractivity (Wildman–Crippen MR) is 97.3 cm³/mol. The Bertz CT molecular complexity index is 974. The lowest BCUT2D eigenvalue weighted by atomic mass is 10.0. The molecule has 2 aromatic carbocycles. The number of rotatable bonds is 3. The van der Waals surface area contributed by atoms with Crippen molar-refractivity contribution in [1.29, 1.82) is 0 Å². The molecular formula is C19H16BrNO3. The highest BCUT2D eigenvalue weighted by molar-refractivity contribution is 9.10. The van der Waals surface area contributed by atoms with Crippen LogP contribution in [0.3, 0.4) is 0 Å². The van der Waals surface area contributed by atoms with Crippen molar-refractivity contribution >= 4 is 32.8 Å². The van der Waals surface area contributed by atoms with E-state index in [4.69, 9.17) is 4.42 Å². The molecule has 5 heteroatoms. The molecular weight excluding hydrogens is 370 g/mol. The first-order valence-corrected chi connectivity index (χ1v) is 8.31. The summed E-state index contributed by atoms with van der Waals surface area (Å²) in [7, 11) is 0. The molecule has 24 heavy (non-hydrogen) atoms. The van der Waals surface area contributed by atoms with E-state index in [1.807, 2.05) is 38.1 Å². The molecule has 0 atom stereocenters. The zero-order valence-electron chi connectivity index (χ0n) is 13.4. The average molecular weight is 386 g/mol. The summed E-state index contributed by atoms with van der Waals surface area (Å²) in [5.74, 6) is -0.186. The van der Waals surface area contributed by atoms with Crippen molar-refractivity contribution in [3.8, 4) is 0 Å². The molecule has 3 rings (SSSR count). The fourth-order valence-corrected chi connectivity index (χ4v) is 3.06. The van der Waals surface area contributed by atoms with Crippen molar-refractivity contribution in [3.63, 3.8) is 0 Å². The normalized spacial score (nSPS) is 10.8. The quantitative estimate of drug-likeness (QED) is 0.690. The Morgan fingerprint density at radius 3 is 2.54 bits per heavy atom. The average Bonchev–Trinajstić information content (AvgIpc) is 2.52. The molecule has 0 spiro atoms. The third-order valence-electron chi connectivity index (χ3n) is 3.81. The van der Waals surface area contributed by atoms with Crippen LogP contribution >= 0.6 is 15.9 Å². The van der Waals surface area contributed by atoms with Crippen molar-refractivity contribution in [2.24, 2.45) is 0 Å². The fraction of sp³-hybridized carbons (Fsp3) is 0.158. The highest BCUT2D eigenvalue weighted by atomic mass is 79.9. The maximum Gasteiger partial charge on any atom is 0.336 e. The van der Waals surface area contributed by atoms with Crippen LogP contribution in [0.1, 0.15) is 27.0 Å². The van der Waals surface area contributed by atoms with Gasteiger partial charge >= 0.3 is 5.63 Å². The summed E-state index contributed by atoms with van der Waals surface area (Å²) in [6, 6.07) is 12.4. The zero-order valence-corrected chi connectivity index (χ0v) is 14.9. The molecule has 0 aliphatic carbocycles. The SMILES string of the molecule is Cc1cc(C)c2c(CNC(=O)c3ccc(Br)cc3)cc(=O)oc2c1. The van der Waals surface area contributed by atoms with Gasteiger partial charge < -0.3 is 9.73 Å². The van der Waals surface area contributed by atoms with Gasteiger partial charge in [0.15, 0.2) is 0 Å². The van der Waals surface area contributed by atoms with E-state index < -0.39 is 5.63 Å². The fourth-order valence-electron chi connectivity index (χ4n) is 2.79. The van der Waals surface area contributed by atoms with Gasteiger partial charge in [0.05, 0.1) is 0 Å². The van der Waals surface area contributed by atoms with Crippen LogP contribution in [0.5, 0.6) is 0 Å². The van der Waals surface area contributed by atoms with E-state index in [0.29, 0.717) is 11.1 Å². The first kappa shape index (κ1) is 16.5. The van der Waals surface area contributed by atoms with E-state index in [1.54, 1.807) is 12.1 Å². The molecule has 3 aromatic rings. The van der Waals surface area contributed by atoms with Crippen molar-refractivity contribution < 1.29 is 9.21 Å². The summed E-state index contributed by atoms with van der Waals surface area (Å²) in [6.07, 6.45) is 0. The van der Waals surface area contributed by atoms with Crippen LogP contribution in [-0.2, 0) is 6.54 Å². The number of halogens is 1. The Morgan fingerprint density at radius 2 is 1.83 bits per heavy atom. The standard InChI is InChI=1S/C19H16BrNO3/c1-11-7-12(2)18-14(9-17(22)24-16(18)8-11)10-21-19(23)13-3-5-15(20)6-4-13/h3-9H,10H2,1-2H3,(H,21,23). The first-order valence-electron chi connectivity index (χ1n) is 7.52. The van der Waals surface area contributed by atoms with Gasteiger partial charge in [-0.15, -0.1) is 0 Å². The smallest absolute Gasteiger partial charge is 0.336 e. The van der Waals surface area contributed by atoms with Crippen LogP contribution in [0, 0.1) is 13.8 Å². The molecule has 0 saturated carbocycles. The number of fused-ring (bicyclic) bond motifs is 1. The van der Waals surface area contributed by atoms with Gasteiger partial charge in [0.25, 0.3) is 5.91 Å². The summed E-state index contributed by atoms with van der Waals surface area (Å²) < 4.78 is 6.21. The lowest BCUT2D eigenvalue weighted by Crippen LogP contribution is -2.23. The second kappa shape index (κ2) is 6.61. The van der Waals surface area contributed by atoms with E-state index in [-0.39, 0.29) is 12.5 Å².